The molecule has 94 valence electrons. The molecule has 3 aromatic heterocycles. The van der Waals surface area contributed by atoms with Gasteiger partial charge in [0, 0.05) is 0 Å². The summed E-state index contributed by atoms with van der Waals surface area (Å²) in [5.74, 6) is -1.11. The van der Waals surface area contributed by atoms with Gasteiger partial charge in [0.05, 0.1) is 28.7 Å². The molecule has 0 fully saturated rings. The molecule has 19 heavy (non-hydrogen) atoms. The molecule has 3 rings (SSSR count). The zero-order chi connectivity index (χ0) is 13.4. The van der Waals surface area contributed by atoms with Crippen LogP contribution in [0.15, 0.2) is 36.5 Å². The third-order valence-electron chi connectivity index (χ3n) is 2.67. The summed E-state index contributed by atoms with van der Waals surface area (Å²) in [4.78, 5) is 15.0. The van der Waals surface area contributed by atoms with Gasteiger partial charge in [-0.25, -0.2) is 14.3 Å². The van der Waals surface area contributed by atoms with Crippen LogP contribution >= 0.6 is 11.6 Å². The molecule has 3 aromatic rings. The van der Waals surface area contributed by atoms with Gasteiger partial charge < -0.3 is 5.11 Å². The van der Waals surface area contributed by atoms with Gasteiger partial charge in [0.15, 0.2) is 0 Å². The average Bonchev–Trinajstić information content (AvgIpc) is 2.86. The molecule has 0 radical (unpaired) electrons. The van der Waals surface area contributed by atoms with Crippen molar-refractivity contribution in [2.24, 2.45) is 0 Å². The lowest BCUT2D eigenvalue weighted by Gasteiger charge is -2.05. The van der Waals surface area contributed by atoms with Gasteiger partial charge in [-0.3, -0.25) is 0 Å². The molecule has 0 aliphatic heterocycles. The van der Waals surface area contributed by atoms with Crippen molar-refractivity contribution in [2.75, 3.05) is 0 Å². The van der Waals surface area contributed by atoms with E-state index in [4.69, 9.17) is 16.7 Å². The molecule has 1 N–H and O–H groups in total. The van der Waals surface area contributed by atoms with E-state index in [9.17, 15) is 4.79 Å². The molecular formula is C12H7ClN4O2. The summed E-state index contributed by atoms with van der Waals surface area (Å²) in [5, 5.41) is 16.6. The fourth-order valence-electron chi connectivity index (χ4n) is 1.78. The molecule has 0 bridgehead atoms. The van der Waals surface area contributed by atoms with Gasteiger partial charge in [-0.1, -0.05) is 22.9 Å². The standard InChI is InChI=1S/C12H7ClN4O2/c13-11-8(12(18)19)4-5-9(15-11)10-3-1-2-7-6-14-16-17(7)10/h1-6H,(H,18,19). The van der Waals surface area contributed by atoms with Crippen molar-refractivity contribution >= 4 is 23.1 Å². The van der Waals surface area contributed by atoms with E-state index in [0.29, 0.717) is 11.4 Å². The van der Waals surface area contributed by atoms with E-state index >= 15 is 0 Å². The number of carboxylic acids is 1. The van der Waals surface area contributed by atoms with Crippen LogP contribution in [0.4, 0.5) is 0 Å². The van der Waals surface area contributed by atoms with Gasteiger partial charge in [0.2, 0.25) is 0 Å². The number of carbonyl (C=O) groups is 1. The summed E-state index contributed by atoms with van der Waals surface area (Å²) in [6, 6.07) is 8.51. The van der Waals surface area contributed by atoms with E-state index in [2.05, 4.69) is 15.3 Å². The fourth-order valence-corrected chi connectivity index (χ4v) is 2.02. The molecule has 0 atom stereocenters. The molecule has 0 aliphatic rings. The number of nitrogens with zero attached hydrogens (tertiary/aromatic N) is 4. The maximum Gasteiger partial charge on any atom is 0.338 e. The normalized spacial score (nSPS) is 10.8. The van der Waals surface area contributed by atoms with E-state index in [1.165, 1.54) is 6.07 Å². The Balaban J connectivity index is 2.19. The Morgan fingerprint density at radius 3 is 2.84 bits per heavy atom. The Morgan fingerprint density at radius 2 is 2.11 bits per heavy atom. The molecule has 0 aliphatic carbocycles. The topological polar surface area (TPSA) is 80.4 Å². The maximum atomic E-state index is 10.9. The lowest BCUT2D eigenvalue weighted by atomic mass is 10.2. The van der Waals surface area contributed by atoms with Crippen LogP contribution in [-0.2, 0) is 0 Å². The first-order valence-corrected chi connectivity index (χ1v) is 5.74. The largest absolute Gasteiger partial charge is 0.478 e. The number of carboxylic acid groups (broad SMARTS) is 1. The lowest BCUT2D eigenvalue weighted by molar-refractivity contribution is 0.0696. The Kier molecular flexibility index (Phi) is 2.64. The molecule has 7 heteroatoms. The number of rotatable bonds is 2. The Bertz CT molecular complexity index is 784. The Hall–Kier alpha value is -2.47. The van der Waals surface area contributed by atoms with Crippen LogP contribution in [0.1, 0.15) is 10.4 Å². The zero-order valence-electron chi connectivity index (χ0n) is 9.49. The van der Waals surface area contributed by atoms with Gasteiger partial charge in [0.1, 0.15) is 5.15 Å². The monoisotopic (exact) mass is 274 g/mol. The summed E-state index contributed by atoms with van der Waals surface area (Å²) >= 11 is 5.86. The van der Waals surface area contributed by atoms with Crippen molar-refractivity contribution in [3.63, 3.8) is 0 Å². The summed E-state index contributed by atoms with van der Waals surface area (Å²) in [5.41, 5.74) is 2.01. The lowest BCUT2D eigenvalue weighted by Crippen LogP contribution is -2.01. The number of pyridine rings is 2. The van der Waals surface area contributed by atoms with Crippen molar-refractivity contribution in [3.05, 3.63) is 47.2 Å². The number of hydrogen-bond acceptors (Lipinski definition) is 4. The third-order valence-corrected chi connectivity index (χ3v) is 2.95. The molecular weight excluding hydrogens is 268 g/mol. The molecule has 3 heterocycles. The van der Waals surface area contributed by atoms with Crippen molar-refractivity contribution in [3.8, 4) is 11.4 Å². The van der Waals surface area contributed by atoms with Crippen molar-refractivity contribution in [1.29, 1.82) is 0 Å². The van der Waals surface area contributed by atoms with E-state index in [0.717, 1.165) is 5.52 Å². The minimum atomic E-state index is -1.11. The molecule has 6 nitrogen and oxygen atoms in total. The first-order valence-electron chi connectivity index (χ1n) is 5.36. The molecule has 0 spiro atoms. The number of aromatic nitrogens is 4. The van der Waals surface area contributed by atoms with Gasteiger partial charge in [-0.15, -0.1) is 5.10 Å². The third kappa shape index (κ3) is 1.92. The highest BCUT2D eigenvalue weighted by Crippen LogP contribution is 2.22. The quantitative estimate of drug-likeness (QED) is 0.724. The van der Waals surface area contributed by atoms with Gasteiger partial charge in [-0.2, -0.15) is 0 Å². The van der Waals surface area contributed by atoms with E-state index < -0.39 is 5.97 Å². The predicted molar refractivity (Wildman–Crippen MR) is 68.2 cm³/mol. The van der Waals surface area contributed by atoms with E-state index in [1.54, 1.807) is 22.8 Å². The number of hydrogen-bond donors (Lipinski definition) is 1. The van der Waals surface area contributed by atoms with Gasteiger partial charge in [0.25, 0.3) is 0 Å². The highest BCUT2D eigenvalue weighted by molar-refractivity contribution is 6.32. The zero-order valence-corrected chi connectivity index (χ0v) is 10.2. The number of fused-ring (bicyclic) bond motifs is 1. The first-order chi connectivity index (χ1) is 9.16. The molecule has 0 saturated carbocycles. The van der Waals surface area contributed by atoms with Crippen molar-refractivity contribution < 1.29 is 9.90 Å². The van der Waals surface area contributed by atoms with Crippen LogP contribution < -0.4 is 0 Å². The summed E-state index contributed by atoms with van der Waals surface area (Å²) in [6.45, 7) is 0. The summed E-state index contributed by atoms with van der Waals surface area (Å²) < 4.78 is 1.61. The van der Waals surface area contributed by atoms with Crippen LogP contribution in [0, 0.1) is 0 Å². The summed E-state index contributed by atoms with van der Waals surface area (Å²) in [7, 11) is 0. The van der Waals surface area contributed by atoms with Crippen molar-refractivity contribution in [1.82, 2.24) is 19.8 Å². The molecule has 0 amide bonds. The van der Waals surface area contributed by atoms with Gasteiger partial charge in [-0.05, 0) is 24.3 Å². The van der Waals surface area contributed by atoms with Crippen molar-refractivity contribution in [2.45, 2.75) is 0 Å². The Labute approximate surface area is 112 Å². The van der Waals surface area contributed by atoms with Crippen LogP contribution in [0.3, 0.4) is 0 Å². The highest BCUT2D eigenvalue weighted by Gasteiger charge is 2.13. The maximum absolute atomic E-state index is 10.9. The minimum Gasteiger partial charge on any atom is -0.478 e. The van der Waals surface area contributed by atoms with Gasteiger partial charge >= 0.3 is 5.97 Å². The van der Waals surface area contributed by atoms with Crippen LogP contribution in [0.5, 0.6) is 0 Å². The highest BCUT2D eigenvalue weighted by atomic mass is 35.5. The predicted octanol–water partition coefficient (Wildman–Crippen LogP) is 2.14. The Morgan fingerprint density at radius 1 is 1.26 bits per heavy atom. The first kappa shape index (κ1) is 11.6. The molecule has 0 saturated heterocycles. The second-order valence-electron chi connectivity index (χ2n) is 3.82. The second kappa shape index (κ2) is 4.33. The molecule has 0 aromatic carbocycles. The minimum absolute atomic E-state index is 0.0313. The van der Waals surface area contributed by atoms with Crippen LogP contribution in [0.2, 0.25) is 5.15 Å². The number of aromatic carboxylic acids is 1. The van der Waals surface area contributed by atoms with E-state index in [-0.39, 0.29) is 10.7 Å². The average molecular weight is 275 g/mol. The van der Waals surface area contributed by atoms with E-state index in [1.807, 2.05) is 12.1 Å². The fraction of sp³-hybridized carbons (Fsp3) is 0. The van der Waals surface area contributed by atoms with Crippen LogP contribution in [-0.4, -0.2) is 30.9 Å². The second-order valence-corrected chi connectivity index (χ2v) is 4.18. The summed E-state index contributed by atoms with van der Waals surface area (Å²) in [6.07, 6.45) is 1.62. The SMILES string of the molecule is O=C(O)c1ccc(-c2cccc3cnnn23)nc1Cl. The smallest absolute Gasteiger partial charge is 0.338 e. The number of halogens is 1. The van der Waals surface area contributed by atoms with Crippen LogP contribution in [0.25, 0.3) is 16.9 Å². The molecule has 0 unspecified atom stereocenters.